The van der Waals surface area contributed by atoms with E-state index < -0.39 is 0 Å². The molecular weight excluding hydrogens is 388 g/mol. The predicted molar refractivity (Wildman–Crippen MR) is 116 cm³/mol. The quantitative estimate of drug-likeness (QED) is 0.672. The van der Waals surface area contributed by atoms with Gasteiger partial charge in [-0.25, -0.2) is 4.98 Å². The zero-order chi connectivity index (χ0) is 20.8. The highest BCUT2D eigenvalue weighted by atomic mass is 35.5. The number of benzene rings is 1. The Balaban J connectivity index is 1.80. The van der Waals surface area contributed by atoms with Crippen LogP contribution < -0.4 is 5.32 Å². The molecule has 0 spiro atoms. The van der Waals surface area contributed by atoms with Crippen LogP contribution in [0.1, 0.15) is 64.1 Å². The van der Waals surface area contributed by atoms with Gasteiger partial charge in [-0.3, -0.25) is 9.59 Å². The molecule has 6 nitrogen and oxygen atoms in total. The molecular formula is C22H31ClN4O2. The molecule has 1 aliphatic rings. The minimum Gasteiger partial charge on any atom is -0.355 e. The van der Waals surface area contributed by atoms with Crippen molar-refractivity contribution in [2.75, 3.05) is 19.6 Å². The number of H-pyrrole nitrogens is 1. The maximum atomic E-state index is 13.4. The number of aromatic nitrogens is 2. The number of aromatic amines is 1. The molecule has 2 amide bonds. The number of fused-ring (bicyclic) bond motifs is 1. The largest absolute Gasteiger partial charge is 0.355 e. The van der Waals surface area contributed by atoms with Gasteiger partial charge >= 0.3 is 0 Å². The number of nitrogens with one attached hydrogen (secondary N) is 2. The molecule has 0 unspecified atom stereocenters. The normalized spacial score (nSPS) is 19.3. The molecule has 29 heavy (non-hydrogen) atoms. The minimum atomic E-state index is -0.148. The first-order valence-corrected chi connectivity index (χ1v) is 11.1. The lowest BCUT2D eigenvalue weighted by Crippen LogP contribution is -2.45. The summed E-state index contributed by atoms with van der Waals surface area (Å²) < 4.78 is 0. The number of carbonyl (C=O) groups is 2. The Morgan fingerprint density at radius 2 is 2.03 bits per heavy atom. The van der Waals surface area contributed by atoms with E-state index in [4.69, 9.17) is 16.6 Å². The Labute approximate surface area is 177 Å². The van der Waals surface area contributed by atoms with Crippen LogP contribution in [0.2, 0.25) is 5.02 Å². The van der Waals surface area contributed by atoms with E-state index in [1.54, 1.807) is 4.90 Å². The molecule has 0 radical (unpaired) electrons. The molecule has 0 aliphatic heterocycles. The van der Waals surface area contributed by atoms with Crippen molar-refractivity contribution in [2.24, 2.45) is 5.92 Å². The van der Waals surface area contributed by atoms with Gasteiger partial charge in [0.2, 0.25) is 11.8 Å². The summed E-state index contributed by atoms with van der Waals surface area (Å²) in [6, 6.07) is 5.60. The number of carbonyl (C=O) groups excluding carboxylic acids is 2. The van der Waals surface area contributed by atoms with Crippen molar-refractivity contribution in [1.29, 1.82) is 0 Å². The predicted octanol–water partition coefficient (Wildman–Crippen LogP) is 4.25. The van der Waals surface area contributed by atoms with E-state index in [1.807, 2.05) is 32.0 Å². The minimum absolute atomic E-state index is 0.0421. The summed E-state index contributed by atoms with van der Waals surface area (Å²) in [4.78, 5) is 35.5. The molecule has 0 saturated heterocycles. The summed E-state index contributed by atoms with van der Waals surface area (Å²) in [6.07, 6.45) is 5.57. The second kappa shape index (κ2) is 10.1. The monoisotopic (exact) mass is 418 g/mol. The van der Waals surface area contributed by atoms with Crippen molar-refractivity contribution in [3.8, 4) is 0 Å². The highest BCUT2D eigenvalue weighted by Crippen LogP contribution is 2.38. The van der Waals surface area contributed by atoms with Crippen LogP contribution in [-0.4, -0.2) is 46.3 Å². The fraction of sp³-hybridized carbons (Fsp3) is 0.591. The molecule has 1 fully saturated rings. The van der Waals surface area contributed by atoms with Gasteiger partial charge in [-0.15, -0.1) is 0 Å². The molecule has 158 valence electrons. The van der Waals surface area contributed by atoms with E-state index in [1.165, 1.54) is 0 Å². The van der Waals surface area contributed by atoms with Crippen LogP contribution in [0.15, 0.2) is 18.2 Å². The van der Waals surface area contributed by atoms with E-state index in [0.717, 1.165) is 55.4 Å². The van der Waals surface area contributed by atoms with Crippen molar-refractivity contribution >= 4 is 34.4 Å². The van der Waals surface area contributed by atoms with Gasteiger partial charge in [0.15, 0.2) is 0 Å². The smallest absolute Gasteiger partial charge is 0.239 e. The third-order valence-electron chi connectivity index (χ3n) is 5.61. The molecule has 1 saturated carbocycles. The van der Waals surface area contributed by atoms with Crippen molar-refractivity contribution < 1.29 is 9.59 Å². The summed E-state index contributed by atoms with van der Waals surface area (Å²) in [5.41, 5.74) is 1.76. The zero-order valence-electron chi connectivity index (χ0n) is 17.3. The molecule has 1 aliphatic carbocycles. The lowest BCUT2D eigenvalue weighted by molar-refractivity contribution is -0.141. The second-order valence-corrected chi connectivity index (χ2v) is 8.33. The Hall–Kier alpha value is -2.08. The molecule has 1 aromatic carbocycles. The van der Waals surface area contributed by atoms with Gasteiger partial charge in [0.05, 0.1) is 17.6 Å². The first-order chi connectivity index (χ1) is 14.0. The SMILES string of the molecule is CCCNC(=O)CN(CCC)C(=O)[C@H]1CCCC[C@H]1c1nc2ccc(Cl)cc2[nH]1. The molecule has 2 N–H and O–H groups in total. The molecule has 1 heterocycles. The first-order valence-electron chi connectivity index (χ1n) is 10.7. The standard InChI is InChI=1S/C22H31ClN4O2/c1-3-11-24-20(28)14-27(12-4-2)22(29)17-8-6-5-7-16(17)21-25-18-10-9-15(23)13-19(18)26-21/h9-10,13,16-17H,3-8,11-12,14H2,1-2H3,(H,24,28)(H,25,26)/t16-,17+/m1/s1. The first kappa shape index (κ1) is 21.6. The average Bonchev–Trinajstić information content (AvgIpc) is 3.14. The van der Waals surface area contributed by atoms with E-state index in [2.05, 4.69) is 10.3 Å². The molecule has 0 bridgehead atoms. The number of hydrogen-bond donors (Lipinski definition) is 2. The highest BCUT2D eigenvalue weighted by molar-refractivity contribution is 6.31. The summed E-state index contributed by atoms with van der Waals surface area (Å²) in [7, 11) is 0. The van der Waals surface area contributed by atoms with Crippen molar-refractivity contribution in [2.45, 2.75) is 58.3 Å². The van der Waals surface area contributed by atoms with Crippen LogP contribution in [0.4, 0.5) is 0 Å². The summed E-state index contributed by atoms with van der Waals surface area (Å²) in [5.74, 6) is 0.735. The Kier molecular flexibility index (Phi) is 7.53. The number of rotatable bonds is 8. The van der Waals surface area contributed by atoms with Gasteiger partial charge in [-0.2, -0.15) is 0 Å². The molecule has 2 aromatic rings. The van der Waals surface area contributed by atoms with Gasteiger partial charge in [-0.1, -0.05) is 38.3 Å². The Morgan fingerprint density at radius 1 is 1.24 bits per heavy atom. The Bertz CT molecular complexity index is 850. The second-order valence-electron chi connectivity index (χ2n) is 7.89. The number of nitrogens with zero attached hydrogens (tertiary/aromatic N) is 2. The van der Waals surface area contributed by atoms with Gasteiger partial charge in [0.1, 0.15) is 5.82 Å². The van der Waals surface area contributed by atoms with Crippen LogP contribution in [-0.2, 0) is 9.59 Å². The van der Waals surface area contributed by atoms with Crippen LogP contribution in [0.3, 0.4) is 0 Å². The third-order valence-corrected chi connectivity index (χ3v) is 5.84. The number of imidazole rings is 1. The third kappa shape index (κ3) is 5.30. The summed E-state index contributed by atoms with van der Waals surface area (Å²) >= 11 is 6.11. The van der Waals surface area contributed by atoms with Crippen LogP contribution in [0.25, 0.3) is 11.0 Å². The van der Waals surface area contributed by atoms with Crippen molar-refractivity contribution in [3.63, 3.8) is 0 Å². The van der Waals surface area contributed by atoms with E-state index >= 15 is 0 Å². The van der Waals surface area contributed by atoms with Crippen LogP contribution in [0.5, 0.6) is 0 Å². The lowest BCUT2D eigenvalue weighted by atomic mass is 9.78. The fourth-order valence-electron chi connectivity index (χ4n) is 4.20. The topological polar surface area (TPSA) is 78.1 Å². The van der Waals surface area contributed by atoms with Gasteiger partial charge in [0, 0.05) is 29.9 Å². The lowest BCUT2D eigenvalue weighted by Gasteiger charge is -2.33. The molecule has 1 aromatic heterocycles. The van der Waals surface area contributed by atoms with Gasteiger partial charge < -0.3 is 15.2 Å². The van der Waals surface area contributed by atoms with E-state index in [9.17, 15) is 9.59 Å². The zero-order valence-corrected chi connectivity index (χ0v) is 18.1. The van der Waals surface area contributed by atoms with Crippen LogP contribution in [0, 0.1) is 5.92 Å². The molecule has 3 rings (SSSR count). The van der Waals surface area contributed by atoms with Crippen molar-refractivity contribution in [3.05, 3.63) is 29.0 Å². The number of halogens is 1. The number of amides is 2. The maximum absolute atomic E-state index is 13.4. The average molecular weight is 419 g/mol. The van der Waals surface area contributed by atoms with Crippen LogP contribution >= 0.6 is 11.6 Å². The van der Waals surface area contributed by atoms with E-state index in [0.29, 0.717) is 18.1 Å². The van der Waals surface area contributed by atoms with E-state index in [-0.39, 0.29) is 30.2 Å². The number of hydrogen-bond acceptors (Lipinski definition) is 3. The fourth-order valence-corrected chi connectivity index (χ4v) is 4.37. The highest BCUT2D eigenvalue weighted by Gasteiger charge is 2.36. The molecule has 2 atom stereocenters. The van der Waals surface area contributed by atoms with Gasteiger partial charge in [-0.05, 0) is 43.9 Å². The maximum Gasteiger partial charge on any atom is 0.239 e. The Morgan fingerprint density at radius 3 is 2.79 bits per heavy atom. The molecule has 7 heteroatoms. The summed E-state index contributed by atoms with van der Waals surface area (Å²) in [6.45, 7) is 5.41. The van der Waals surface area contributed by atoms with Gasteiger partial charge in [0.25, 0.3) is 0 Å². The van der Waals surface area contributed by atoms with Crippen molar-refractivity contribution in [1.82, 2.24) is 20.2 Å². The summed E-state index contributed by atoms with van der Waals surface area (Å²) in [5, 5.41) is 3.54.